The van der Waals surface area contributed by atoms with Gasteiger partial charge in [-0.1, -0.05) is 166 Å². The molecule has 0 aliphatic heterocycles. The lowest BCUT2D eigenvalue weighted by atomic mass is 9.71. The van der Waals surface area contributed by atoms with Crippen molar-refractivity contribution in [1.82, 2.24) is 0 Å². The fourth-order valence-corrected chi connectivity index (χ4v) is 10.3. The molecule has 0 bridgehead atoms. The van der Waals surface area contributed by atoms with E-state index in [0.29, 0.717) is 11.5 Å². The van der Waals surface area contributed by atoms with Crippen LogP contribution in [0.15, 0.2) is 70.9 Å². The number of phenolic OH excluding ortho intramolecular Hbond substituents is 2. The first-order valence-electron chi connectivity index (χ1n) is 23.6. The number of hydrogen-bond acceptors (Lipinski definition) is 5. The lowest BCUT2D eigenvalue weighted by Crippen LogP contribution is -2.33. The summed E-state index contributed by atoms with van der Waals surface area (Å²) in [5.74, 6) is 0.747. The van der Waals surface area contributed by atoms with Crippen molar-refractivity contribution in [3.05, 3.63) is 103 Å². The van der Waals surface area contributed by atoms with Crippen molar-refractivity contribution in [2.75, 3.05) is 0 Å². The zero-order chi connectivity index (χ0) is 49.9. The summed E-state index contributed by atoms with van der Waals surface area (Å²) in [6.45, 7) is 51.1. The number of carbonyl (C=O) groups is 2. The molecule has 0 fully saturated rings. The van der Waals surface area contributed by atoms with E-state index in [9.17, 15) is 19.8 Å². The van der Waals surface area contributed by atoms with E-state index in [1.807, 2.05) is 0 Å². The monoisotopic (exact) mass is 899 g/mol. The summed E-state index contributed by atoms with van der Waals surface area (Å²) >= 11 is 1.71. The lowest BCUT2D eigenvalue weighted by molar-refractivity contribution is -0.114. The zero-order valence-electron chi connectivity index (χ0n) is 44.7. The molecule has 4 nitrogen and oxygen atoms in total. The Hall–Kier alpha value is -4.22. The van der Waals surface area contributed by atoms with E-state index in [4.69, 9.17) is 0 Å². The molecular formula is C60H82O4S. The first kappa shape index (κ1) is 51.8. The molecule has 0 atom stereocenters. The molecule has 0 radical (unpaired) electrons. The number of phenols is 2. The third kappa shape index (κ3) is 10.2. The van der Waals surface area contributed by atoms with Gasteiger partial charge >= 0.3 is 0 Å². The molecule has 0 spiro atoms. The molecule has 1 heterocycles. The van der Waals surface area contributed by atoms with Crippen LogP contribution < -0.4 is 9.75 Å². The number of hydrogen-bond donors (Lipinski definition) is 2. The summed E-state index contributed by atoms with van der Waals surface area (Å²) < 4.78 is 0.995. The Morgan fingerprint density at radius 3 is 0.892 bits per heavy atom. The number of Topliss-reactive ketones (excluding diaryl/α,β-unsaturated/α-hetero) is 2. The van der Waals surface area contributed by atoms with Gasteiger partial charge in [-0.15, -0.1) is 11.3 Å². The van der Waals surface area contributed by atoms with Crippen molar-refractivity contribution in [1.29, 1.82) is 0 Å². The fourth-order valence-electron chi connectivity index (χ4n) is 8.98. The molecule has 0 saturated heterocycles. The summed E-state index contributed by atoms with van der Waals surface area (Å²) in [4.78, 5) is 30.3. The van der Waals surface area contributed by atoms with Crippen molar-refractivity contribution in [3.8, 4) is 33.1 Å². The number of allylic oxidation sites excluding steroid dienone is 8. The summed E-state index contributed by atoms with van der Waals surface area (Å²) in [6, 6.07) is 8.71. The van der Waals surface area contributed by atoms with Crippen LogP contribution in [0, 0.1) is 21.7 Å². The van der Waals surface area contributed by atoms with Crippen molar-refractivity contribution in [2.24, 2.45) is 21.7 Å². The maximum atomic E-state index is 14.7. The normalized spacial score (nSPS) is 16.5. The standard InChI is InChI=1S/C60H82O4S/c1-53(2,3)37-25-33(26-38(47(37)61)54(4,5)6)45-46(34-27-39(55(7,8)9)48(62)40(28-34)56(10,11)12)52(36-31-43(59(19,20)21)50(64)44(32-36)60(22,23)24)65-51(45)35-29-41(57(13,14)15)49(63)42(30-35)58(16,17)18/h25-32,61,63H,1-24H3. The van der Waals surface area contributed by atoms with Gasteiger partial charge in [0.25, 0.3) is 0 Å². The SMILES string of the molecule is CC(C)(C)C1=CC(=c2sc(-c3cc(C(C)(C)C)c(O)c(C(C)(C)C)c3)c(-c3cc(C(C)(C)C)c(O)c(C(C)(C)C)c3)c2=C2C=C(C(C)(C)C)C(=O)C(C(C)(C)C)=C2)C=C(C(C)(C)C)C1=O. The van der Waals surface area contributed by atoms with E-state index in [1.165, 1.54) is 0 Å². The summed E-state index contributed by atoms with van der Waals surface area (Å²) in [5, 5.41) is 25.3. The van der Waals surface area contributed by atoms with Crippen LogP contribution in [0.2, 0.25) is 0 Å². The average molecular weight is 899 g/mol. The van der Waals surface area contributed by atoms with Crippen LogP contribution in [0.3, 0.4) is 0 Å². The highest BCUT2D eigenvalue weighted by atomic mass is 32.1. The van der Waals surface area contributed by atoms with Crippen molar-refractivity contribution in [2.45, 2.75) is 188 Å². The van der Waals surface area contributed by atoms with Gasteiger partial charge in [-0.2, -0.15) is 0 Å². The molecule has 0 amide bonds. The largest absolute Gasteiger partial charge is 0.507 e. The van der Waals surface area contributed by atoms with Gasteiger partial charge in [0, 0.05) is 64.7 Å². The summed E-state index contributed by atoms with van der Waals surface area (Å²) in [5.41, 5.74) is 7.82. The lowest BCUT2D eigenvalue weighted by Gasteiger charge is -2.32. The molecule has 0 saturated carbocycles. The third-order valence-corrected chi connectivity index (χ3v) is 14.2. The minimum absolute atomic E-state index is 0.0610. The van der Waals surface area contributed by atoms with E-state index < -0.39 is 32.5 Å². The van der Waals surface area contributed by atoms with E-state index >= 15 is 0 Å². The van der Waals surface area contributed by atoms with E-state index in [1.54, 1.807) is 11.3 Å². The first-order valence-corrected chi connectivity index (χ1v) is 24.4. The second-order valence-electron chi connectivity index (χ2n) is 27.2. The van der Waals surface area contributed by atoms with Crippen molar-refractivity contribution >= 4 is 34.0 Å². The Kier molecular flexibility index (Phi) is 12.9. The number of aromatic hydroxyl groups is 2. The summed E-state index contributed by atoms with van der Waals surface area (Å²) in [6.07, 6.45) is 8.49. The smallest absolute Gasteiger partial charge is 0.186 e. The van der Waals surface area contributed by atoms with E-state index in [0.717, 1.165) is 87.0 Å². The van der Waals surface area contributed by atoms with Crippen LogP contribution >= 0.6 is 11.3 Å². The molecule has 3 aromatic rings. The highest BCUT2D eigenvalue weighted by Crippen LogP contribution is 2.48. The van der Waals surface area contributed by atoms with Crippen molar-refractivity contribution < 1.29 is 19.8 Å². The molecule has 2 aromatic carbocycles. The van der Waals surface area contributed by atoms with Gasteiger partial charge in [-0.25, -0.2) is 0 Å². The number of benzene rings is 2. The van der Waals surface area contributed by atoms with Crippen LogP contribution in [0.4, 0.5) is 0 Å². The molecule has 5 heteroatoms. The predicted octanol–water partition coefficient (Wildman–Crippen LogP) is 15.0. The van der Waals surface area contributed by atoms with Crippen LogP contribution in [-0.2, 0) is 31.2 Å². The predicted molar refractivity (Wildman–Crippen MR) is 280 cm³/mol. The van der Waals surface area contributed by atoms with Crippen LogP contribution in [0.5, 0.6) is 11.5 Å². The minimum atomic E-state index is -0.465. The molecule has 2 aliphatic carbocycles. The average Bonchev–Trinajstić information content (AvgIpc) is 3.48. The van der Waals surface area contributed by atoms with Crippen LogP contribution in [0.25, 0.3) is 32.7 Å². The quantitative estimate of drug-likeness (QED) is 0.269. The van der Waals surface area contributed by atoms with Crippen LogP contribution in [0.1, 0.15) is 188 Å². The van der Waals surface area contributed by atoms with Gasteiger partial charge in [0.2, 0.25) is 0 Å². The molecule has 2 N–H and O–H groups in total. The fraction of sp³-hybridized carbons (Fsp3) is 0.533. The molecule has 352 valence electrons. The first-order chi connectivity index (χ1) is 29.0. The maximum absolute atomic E-state index is 14.7. The summed E-state index contributed by atoms with van der Waals surface area (Å²) in [7, 11) is 0. The van der Waals surface area contributed by atoms with Gasteiger partial charge < -0.3 is 10.2 Å². The van der Waals surface area contributed by atoms with Gasteiger partial charge in [-0.3, -0.25) is 9.59 Å². The van der Waals surface area contributed by atoms with E-state index in [-0.39, 0.29) is 22.4 Å². The molecule has 65 heavy (non-hydrogen) atoms. The van der Waals surface area contributed by atoms with E-state index in [2.05, 4.69) is 215 Å². The Balaban J connectivity index is 2.37. The van der Waals surface area contributed by atoms with Gasteiger partial charge in [0.05, 0.1) is 0 Å². The van der Waals surface area contributed by atoms with Gasteiger partial charge in [0.1, 0.15) is 11.5 Å². The highest BCUT2D eigenvalue weighted by molar-refractivity contribution is 7.14. The molecule has 1 aromatic heterocycles. The highest BCUT2D eigenvalue weighted by Gasteiger charge is 2.38. The number of ketones is 2. The Labute approximate surface area is 397 Å². The van der Waals surface area contributed by atoms with Crippen LogP contribution in [-0.4, -0.2) is 21.8 Å². The number of rotatable bonds is 2. The third-order valence-electron chi connectivity index (χ3n) is 12.9. The second-order valence-corrected chi connectivity index (χ2v) is 28.2. The molecule has 2 aliphatic rings. The maximum Gasteiger partial charge on any atom is 0.186 e. The van der Waals surface area contributed by atoms with Gasteiger partial charge in [-0.05, 0) is 114 Å². The molecular weight excluding hydrogens is 817 g/mol. The Morgan fingerprint density at radius 2 is 0.631 bits per heavy atom. The zero-order valence-corrected chi connectivity index (χ0v) is 45.6. The Bertz CT molecular complexity index is 2590. The second kappa shape index (κ2) is 16.2. The molecule has 5 rings (SSSR count). The number of thiophene rings is 1. The van der Waals surface area contributed by atoms with Crippen molar-refractivity contribution in [3.63, 3.8) is 0 Å². The van der Waals surface area contributed by atoms with Gasteiger partial charge in [0.15, 0.2) is 11.6 Å². The molecule has 0 unspecified atom stereocenters. The topological polar surface area (TPSA) is 74.6 Å². The minimum Gasteiger partial charge on any atom is -0.507 e. The Morgan fingerprint density at radius 1 is 0.369 bits per heavy atom. The number of carbonyl (C=O) groups excluding carboxylic acids is 2.